The second kappa shape index (κ2) is 14.1. The number of hydrogen-bond acceptors (Lipinski definition) is 13. The molecule has 0 amide bonds. The maximum atomic E-state index is 8.58. The molecule has 0 radical (unpaired) electrons. The van der Waals surface area contributed by atoms with Crippen LogP contribution in [0, 0.1) is 123 Å². The van der Waals surface area contributed by atoms with Gasteiger partial charge in [0.1, 0.15) is 0 Å². The summed E-state index contributed by atoms with van der Waals surface area (Å²) in [6.07, 6.45) is 2.04. The third kappa shape index (κ3) is 6.40. The average Bonchev–Trinajstić information content (AvgIpc) is 2.88. The maximum Gasteiger partial charge on any atom is 2.00 e. The molecule has 0 spiro atoms. The van der Waals surface area contributed by atoms with E-state index in [9.17, 15) is 0 Å². The van der Waals surface area contributed by atoms with Gasteiger partial charge in [0.15, 0.2) is 0 Å². The van der Waals surface area contributed by atoms with Crippen LogP contribution < -0.4 is 0 Å². The Morgan fingerprint density at radius 2 is 0.588 bits per heavy atom. The summed E-state index contributed by atoms with van der Waals surface area (Å²) in [5.74, 6) is 0. The normalized spacial score (nSPS) is 11.5. The molecule has 164 valence electrons. The fraction of sp³-hybridized carbons (Fsp3) is 0.250. The van der Waals surface area contributed by atoms with E-state index < -0.39 is 21.1 Å². The van der Waals surface area contributed by atoms with Crippen molar-refractivity contribution < 1.29 is 84.6 Å². The van der Waals surface area contributed by atoms with Crippen LogP contribution in [-0.4, -0.2) is 11.7 Å². The summed E-state index contributed by atoms with van der Waals surface area (Å²) in [7, 11) is -12.1. The molecule has 0 unspecified atom stereocenters. The number of unbranched alkanes of at least 4 members (excludes halogenated alkanes) is 1. The largest absolute Gasteiger partial charge is 2.00 e. The van der Waals surface area contributed by atoms with Crippen molar-refractivity contribution >= 4 is 0 Å². The van der Waals surface area contributed by atoms with E-state index in [4.69, 9.17) is 68.2 Å². The van der Waals surface area contributed by atoms with Crippen LogP contribution in [0.25, 0.3) is 0 Å². The van der Waals surface area contributed by atoms with E-state index >= 15 is 0 Å². The number of aliphatic hydroxyl groups is 1. The molecule has 18 heteroatoms. The van der Waals surface area contributed by atoms with E-state index in [1.807, 2.05) is 0 Å². The molecular weight excluding hydrogens is 690 g/mol. The molecule has 1 N–H and O–H groups in total. The molecule has 0 fully saturated rings. The summed E-state index contributed by atoms with van der Waals surface area (Å²) in [6.45, 7) is 2.40. The summed E-state index contributed by atoms with van der Waals surface area (Å²) in [4.78, 5) is 0. The Kier molecular flexibility index (Phi) is 18.4. The quantitative estimate of drug-likeness (QED) is 0.393. The summed E-state index contributed by atoms with van der Waals surface area (Å²) in [6, 6.07) is 0. The van der Waals surface area contributed by atoms with Crippen molar-refractivity contribution in [1.29, 1.82) is 63.1 Å². The summed E-state index contributed by atoms with van der Waals surface area (Å²) in [5, 5.41) is 123. The van der Waals surface area contributed by atoms with Gasteiger partial charge in [-0.1, -0.05) is 13.3 Å². The Morgan fingerprint density at radius 1 is 0.441 bits per heavy atom. The Labute approximate surface area is 232 Å². The van der Waals surface area contributed by atoms with Crippen LogP contribution >= 0.6 is 0 Å². The smallest absolute Gasteiger partial charge is 2.00 e. The molecule has 13 nitrogen and oxygen atoms in total. The zero-order valence-electron chi connectivity index (χ0n) is 17.7. The van der Waals surface area contributed by atoms with E-state index in [1.54, 1.807) is 0 Å². The Morgan fingerprint density at radius 3 is 0.588 bits per heavy atom. The van der Waals surface area contributed by atoms with Gasteiger partial charge in [-0.15, -0.1) is 0 Å². The summed E-state index contributed by atoms with van der Waals surface area (Å²) < 4.78 is 0. The average molecular weight is 700 g/mol. The van der Waals surface area contributed by atoms with Crippen LogP contribution in [0.1, 0.15) is 19.8 Å². The van der Waals surface area contributed by atoms with Crippen molar-refractivity contribution in [1.82, 2.24) is 0 Å². The monoisotopic (exact) mass is 696 g/mol. The molecule has 0 aromatic rings. The van der Waals surface area contributed by atoms with Gasteiger partial charge in [-0.3, -0.25) is 0 Å². The van der Waals surface area contributed by atoms with Crippen molar-refractivity contribution in [3.8, 4) is 60.0 Å². The van der Waals surface area contributed by atoms with Gasteiger partial charge in [-0.25, -0.2) is 0 Å². The second-order valence-electron chi connectivity index (χ2n) is 4.47. The summed E-state index contributed by atoms with van der Waals surface area (Å²) >= 11 is 0. The van der Waals surface area contributed by atoms with Crippen LogP contribution in [0.5, 0.6) is 0 Å². The van der Waals surface area contributed by atoms with Crippen LogP contribution in [0.2, 0.25) is 0 Å². The first-order valence-electron chi connectivity index (χ1n) is 6.71. The molecule has 0 saturated carbocycles. The van der Waals surface area contributed by atoms with E-state index in [2.05, 4.69) is 6.92 Å². The van der Waals surface area contributed by atoms with E-state index in [1.165, 1.54) is 0 Å². The third-order valence-electron chi connectivity index (χ3n) is 2.75. The molecular formula is C16H10Co2N12OZn3. The molecule has 34 heavy (non-hydrogen) atoms. The molecule has 0 aromatic carbocycles. The maximum absolute atomic E-state index is 8.58. The minimum Gasteiger partial charge on any atom is 2.00 e. The van der Waals surface area contributed by atoms with E-state index in [-0.39, 0.29) is 58.4 Å². The molecule has 0 heterocycles. The van der Waals surface area contributed by atoms with Gasteiger partial charge < -0.3 is 5.11 Å². The molecule has 0 aliphatic rings. The standard InChI is InChI=1S/C4H10O.12CN.2Co.3Zn/c1-2-3-4-5;12*1-2;;;;;/h5H,2-4H2,1H3;;;;;;;;;;;;;;;;;/q;;;;;;;;;;;;;2*-3;3*+2. The number of aliphatic hydroxyl groups excluding tert-OH is 1. The Balaban J connectivity index is -0.0000000897. The van der Waals surface area contributed by atoms with Crippen LogP contribution in [0.4, 0.5) is 0 Å². The SMILES string of the molecule is CCCCO.N#[C][Co-3]([C]#N)([C]#N)([C]#N)([C]#N)[C]#N.N#[C][Co-3]([C]#N)([C]#N)([C]#N)([C]#N)[C]#N.[Zn+2].[Zn+2].[Zn+2]. The molecule has 0 aliphatic carbocycles. The fourth-order valence-corrected chi connectivity index (χ4v) is 2.22. The van der Waals surface area contributed by atoms with Crippen LogP contribution in [-0.2, 0) is 79.5 Å². The number of hydrogen-bond donors (Lipinski definition) is 1. The molecule has 0 rings (SSSR count). The minimum absolute atomic E-state index is 0. The van der Waals surface area contributed by atoms with Gasteiger partial charge in [0, 0.05) is 6.61 Å². The number of nitrogens with zero attached hydrogens (tertiary/aromatic N) is 12. The first-order chi connectivity index (χ1) is 14.4. The predicted molar refractivity (Wildman–Crippen MR) is 89.3 cm³/mol. The molecule has 0 aliphatic heterocycles. The molecule has 0 aromatic heterocycles. The van der Waals surface area contributed by atoms with Gasteiger partial charge in [0.25, 0.3) is 0 Å². The number of nitriles is 12. The molecule has 0 bridgehead atoms. The van der Waals surface area contributed by atoms with Crippen molar-refractivity contribution in [3.63, 3.8) is 0 Å². The predicted octanol–water partition coefficient (Wildman–Crippen LogP) is 0.968. The van der Waals surface area contributed by atoms with Gasteiger partial charge in [0.05, 0.1) is 0 Å². The zero-order chi connectivity index (χ0) is 25.4. The van der Waals surface area contributed by atoms with Crippen molar-refractivity contribution in [3.05, 3.63) is 0 Å². The van der Waals surface area contributed by atoms with Crippen molar-refractivity contribution in [2.24, 2.45) is 0 Å². The second-order valence-corrected chi connectivity index (χ2v) is 15.1. The van der Waals surface area contributed by atoms with Crippen molar-refractivity contribution in [2.75, 3.05) is 6.61 Å². The van der Waals surface area contributed by atoms with Gasteiger partial charge in [-0.05, 0) is 6.42 Å². The van der Waals surface area contributed by atoms with Crippen molar-refractivity contribution in [2.45, 2.75) is 19.8 Å². The fourth-order valence-electron chi connectivity index (χ4n) is 0.658. The van der Waals surface area contributed by atoms with E-state index in [0.29, 0.717) is 6.61 Å². The summed E-state index contributed by atoms with van der Waals surface area (Å²) in [5.41, 5.74) is 0. The first kappa shape index (κ1) is 44.4. The van der Waals surface area contributed by atoms with Gasteiger partial charge in [0.2, 0.25) is 0 Å². The third-order valence-corrected chi connectivity index (χ3v) is 9.73. The minimum atomic E-state index is -6.03. The molecule has 0 saturated heterocycles. The van der Waals surface area contributed by atoms with Crippen LogP contribution in [0.15, 0.2) is 0 Å². The van der Waals surface area contributed by atoms with Gasteiger partial charge in [-0.2, -0.15) is 0 Å². The van der Waals surface area contributed by atoms with Crippen LogP contribution in [0.3, 0.4) is 0 Å². The Hall–Kier alpha value is -3.28. The van der Waals surface area contributed by atoms with E-state index in [0.717, 1.165) is 72.9 Å². The Bertz CT molecular complexity index is 948. The first-order valence-corrected chi connectivity index (χ1v) is 13.0. The van der Waals surface area contributed by atoms with Gasteiger partial charge >= 0.3 is 203 Å². The zero-order valence-corrected chi connectivity index (χ0v) is 28.7. The topological polar surface area (TPSA) is 306 Å². The molecule has 0 atom stereocenters. The number of rotatable bonds is 2.